The summed E-state index contributed by atoms with van der Waals surface area (Å²) in [4.78, 5) is 0. The van der Waals surface area contributed by atoms with Gasteiger partial charge in [-0.05, 0) is 42.2 Å². The van der Waals surface area contributed by atoms with Crippen LogP contribution in [0.1, 0.15) is 23.1 Å². The van der Waals surface area contributed by atoms with E-state index in [4.69, 9.17) is 34.8 Å². The predicted octanol–water partition coefficient (Wildman–Crippen LogP) is 6.94. The van der Waals surface area contributed by atoms with Crippen LogP contribution in [0.3, 0.4) is 0 Å². The van der Waals surface area contributed by atoms with Gasteiger partial charge in [0.2, 0.25) is 0 Å². The van der Waals surface area contributed by atoms with Gasteiger partial charge < -0.3 is 0 Å². The van der Waals surface area contributed by atoms with Gasteiger partial charge in [0.05, 0.1) is 10.0 Å². The molecule has 0 nitrogen and oxygen atoms in total. The number of halogens is 3. The van der Waals surface area contributed by atoms with Crippen LogP contribution in [0, 0.1) is 13.3 Å². The molecule has 22 heavy (non-hydrogen) atoms. The first kappa shape index (κ1) is 15.7. The SMILES string of the molecule is Cc1ccc(C2=CC[CH]C(Cl)=C2c2ccc(Cl)c(Cl)c2)cc1. The van der Waals surface area contributed by atoms with Crippen molar-refractivity contribution < 1.29 is 0 Å². The Morgan fingerprint density at radius 2 is 1.50 bits per heavy atom. The van der Waals surface area contributed by atoms with Gasteiger partial charge in [0.15, 0.2) is 0 Å². The lowest BCUT2D eigenvalue weighted by Gasteiger charge is -2.20. The van der Waals surface area contributed by atoms with Crippen molar-refractivity contribution in [3.8, 4) is 0 Å². The van der Waals surface area contributed by atoms with E-state index >= 15 is 0 Å². The highest BCUT2D eigenvalue weighted by atomic mass is 35.5. The van der Waals surface area contributed by atoms with Gasteiger partial charge in [0.1, 0.15) is 0 Å². The first-order valence-electron chi connectivity index (χ1n) is 7.02. The first-order valence-corrected chi connectivity index (χ1v) is 8.15. The Bertz CT molecular complexity index is 768. The highest BCUT2D eigenvalue weighted by Gasteiger charge is 2.19. The molecule has 0 saturated heterocycles. The molecule has 0 bridgehead atoms. The van der Waals surface area contributed by atoms with Crippen LogP contribution >= 0.6 is 34.8 Å². The van der Waals surface area contributed by atoms with E-state index in [0.717, 1.165) is 33.7 Å². The van der Waals surface area contributed by atoms with E-state index in [0.29, 0.717) is 10.0 Å². The molecular weight excluding hydrogens is 335 g/mol. The van der Waals surface area contributed by atoms with Crippen LogP contribution in [0.5, 0.6) is 0 Å². The molecule has 2 aromatic carbocycles. The van der Waals surface area contributed by atoms with E-state index in [9.17, 15) is 0 Å². The molecule has 0 aromatic heterocycles. The molecule has 1 radical (unpaired) electrons. The second-order valence-electron chi connectivity index (χ2n) is 5.28. The van der Waals surface area contributed by atoms with Gasteiger partial charge in [-0.1, -0.05) is 76.8 Å². The van der Waals surface area contributed by atoms with Crippen molar-refractivity contribution in [1.29, 1.82) is 0 Å². The fourth-order valence-corrected chi connectivity index (χ4v) is 3.15. The summed E-state index contributed by atoms with van der Waals surface area (Å²) in [5, 5.41) is 1.82. The topological polar surface area (TPSA) is 0 Å². The standard InChI is InChI=1S/C19H14Cl3/c1-12-5-7-13(8-6-12)15-3-2-4-17(21)19(15)14-9-10-16(20)18(22)11-14/h3-11H,2H2,1H3. The molecule has 1 aliphatic carbocycles. The van der Waals surface area contributed by atoms with Crippen LogP contribution in [0.15, 0.2) is 53.6 Å². The molecule has 0 atom stereocenters. The van der Waals surface area contributed by atoms with Crippen LogP contribution in [0.25, 0.3) is 11.1 Å². The molecule has 0 unspecified atom stereocenters. The Morgan fingerprint density at radius 1 is 0.818 bits per heavy atom. The summed E-state index contributed by atoms with van der Waals surface area (Å²) in [5.74, 6) is 0. The summed E-state index contributed by atoms with van der Waals surface area (Å²) in [5.41, 5.74) is 5.49. The van der Waals surface area contributed by atoms with Crippen molar-refractivity contribution in [3.05, 3.63) is 86.7 Å². The van der Waals surface area contributed by atoms with Crippen LogP contribution in [-0.4, -0.2) is 0 Å². The minimum Gasteiger partial charge on any atom is -0.0881 e. The quantitative estimate of drug-likeness (QED) is 0.551. The summed E-state index contributed by atoms with van der Waals surface area (Å²) in [7, 11) is 0. The Kier molecular flexibility index (Phi) is 4.63. The van der Waals surface area contributed by atoms with Crippen LogP contribution in [-0.2, 0) is 0 Å². The lowest BCUT2D eigenvalue weighted by molar-refractivity contribution is 1.25. The lowest BCUT2D eigenvalue weighted by Crippen LogP contribution is -1.99. The van der Waals surface area contributed by atoms with E-state index in [1.807, 2.05) is 18.6 Å². The summed E-state index contributed by atoms with van der Waals surface area (Å²) in [6.07, 6.45) is 5.03. The molecule has 0 amide bonds. The van der Waals surface area contributed by atoms with Gasteiger partial charge in [-0.25, -0.2) is 0 Å². The third-order valence-corrected chi connectivity index (χ3v) is 4.78. The number of rotatable bonds is 2. The molecular formula is C19H14Cl3. The summed E-state index contributed by atoms with van der Waals surface area (Å²) in [6.45, 7) is 2.08. The molecule has 0 heterocycles. The number of benzene rings is 2. The molecule has 0 aliphatic heterocycles. The Balaban J connectivity index is 2.11. The number of hydrogen-bond acceptors (Lipinski definition) is 0. The third kappa shape index (κ3) is 3.10. The van der Waals surface area contributed by atoms with E-state index in [1.165, 1.54) is 5.56 Å². The third-order valence-electron chi connectivity index (χ3n) is 3.70. The van der Waals surface area contributed by atoms with Crippen molar-refractivity contribution in [2.24, 2.45) is 0 Å². The fraction of sp³-hybridized carbons (Fsp3) is 0.105. The van der Waals surface area contributed by atoms with Gasteiger partial charge in [-0.15, -0.1) is 0 Å². The first-order chi connectivity index (χ1) is 10.6. The van der Waals surface area contributed by atoms with Gasteiger partial charge in [0.25, 0.3) is 0 Å². The highest BCUT2D eigenvalue weighted by Crippen LogP contribution is 2.41. The molecule has 111 valence electrons. The minimum absolute atomic E-state index is 0.532. The van der Waals surface area contributed by atoms with Crippen molar-refractivity contribution >= 4 is 45.9 Å². The van der Waals surface area contributed by atoms with E-state index in [1.54, 1.807) is 6.07 Å². The minimum atomic E-state index is 0.532. The largest absolute Gasteiger partial charge is 0.0881 e. The Hall–Kier alpha value is -1.21. The van der Waals surface area contributed by atoms with Crippen molar-refractivity contribution in [1.82, 2.24) is 0 Å². The second kappa shape index (κ2) is 6.50. The zero-order chi connectivity index (χ0) is 15.7. The van der Waals surface area contributed by atoms with Gasteiger partial charge >= 0.3 is 0 Å². The Morgan fingerprint density at radius 3 is 2.18 bits per heavy atom. The van der Waals surface area contributed by atoms with Gasteiger partial charge in [-0.3, -0.25) is 0 Å². The van der Waals surface area contributed by atoms with Gasteiger partial charge in [-0.2, -0.15) is 0 Å². The van der Waals surface area contributed by atoms with Crippen LogP contribution in [0.2, 0.25) is 10.0 Å². The van der Waals surface area contributed by atoms with Crippen LogP contribution < -0.4 is 0 Å². The normalized spacial score (nSPS) is 15.0. The number of aryl methyl sites for hydroxylation is 1. The molecule has 0 N–H and O–H groups in total. The molecule has 1 aliphatic rings. The predicted molar refractivity (Wildman–Crippen MR) is 97.3 cm³/mol. The molecule has 0 spiro atoms. The average molecular weight is 349 g/mol. The van der Waals surface area contributed by atoms with Crippen molar-refractivity contribution in [2.75, 3.05) is 0 Å². The number of allylic oxidation sites excluding steroid dienone is 4. The van der Waals surface area contributed by atoms with Crippen LogP contribution in [0.4, 0.5) is 0 Å². The zero-order valence-corrected chi connectivity index (χ0v) is 14.3. The molecule has 3 heteroatoms. The maximum atomic E-state index is 6.49. The summed E-state index contributed by atoms with van der Waals surface area (Å²) < 4.78 is 0. The van der Waals surface area contributed by atoms with E-state index in [-0.39, 0.29) is 0 Å². The van der Waals surface area contributed by atoms with Gasteiger partial charge in [0, 0.05) is 17.0 Å². The smallest absolute Gasteiger partial charge is 0.0598 e. The average Bonchev–Trinajstić information content (AvgIpc) is 2.51. The summed E-state index contributed by atoms with van der Waals surface area (Å²) in [6, 6.07) is 14.1. The maximum absolute atomic E-state index is 6.49. The van der Waals surface area contributed by atoms with Crippen molar-refractivity contribution in [3.63, 3.8) is 0 Å². The molecule has 2 aromatic rings. The molecule has 0 saturated carbocycles. The van der Waals surface area contributed by atoms with E-state index < -0.39 is 0 Å². The maximum Gasteiger partial charge on any atom is 0.0598 e. The summed E-state index contributed by atoms with van der Waals surface area (Å²) >= 11 is 18.7. The fourth-order valence-electron chi connectivity index (χ4n) is 2.55. The highest BCUT2D eigenvalue weighted by molar-refractivity contribution is 6.42. The van der Waals surface area contributed by atoms with Crippen molar-refractivity contribution in [2.45, 2.75) is 13.3 Å². The number of hydrogen-bond donors (Lipinski definition) is 0. The molecule has 3 rings (SSSR count). The Labute approximate surface area is 146 Å². The molecule has 0 fully saturated rings. The monoisotopic (exact) mass is 347 g/mol. The zero-order valence-electron chi connectivity index (χ0n) is 12.0. The van der Waals surface area contributed by atoms with E-state index in [2.05, 4.69) is 37.3 Å². The second-order valence-corrected chi connectivity index (χ2v) is 6.50. The lowest BCUT2D eigenvalue weighted by atomic mass is 9.87.